The second-order valence-corrected chi connectivity index (χ2v) is 8.53. The summed E-state index contributed by atoms with van der Waals surface area (Å²) in [5.74, 6) is 0. The summed E-state index contributed by atoms with van der Waals surface area (Å²) in [5, 5.41) is 12.0. The maximum Gasteiger partial charge on any atom is 0.272 e. The van der Waals surface area contributed by atoms with Crippen LogP contribution in [0.2, 0.25) is 0 Å². The van der Waals surface area contributed by atoms with Gasteiger partial charge in [-0.05, 0) is 51.4 Å². The van der Waals surface area contributed by atoms with Gasteiger partial charge in [0.2, 0.25) is 0 Å². The van der Waals surface area contributed by atoms with Gasteiger partial charge in [0.05, 0.1) is 23.3 Å². The molecule has 4 rings (SSSR count). The van der Waals surface area contributed by atoms with Crippen LogP contribution in [0, 0.1) is 0 Å². The zero-order valence-electron chi connectivity index (χ0n) is 18.8. The van der Waals surface area contributed by atoms with E-state index in [-0.39, 0.29) is 18.0 Å². The number of rotatable bonds is 8. The second-order valence-electron chi connectivity index (χ2n) is 8.53. The van der Waals surface area contributed by atoms with Crippen molar-refractivity contribution in [2.24, 2.45) is 0 Å². The highest BCUT2D eigenvalue weighted by atomic mass is 35.5. The van der Waals surface area contributed by atoms with Gasteiger partial charge in [-0.25, -0.2) is 5.10 Å². The van der Waals surface area contributed by atoms with Crippen molar-refractivity contribution in [2.75, 3.05) is 31.5 Å². The van der Waals surface area contributed by atoms with Crippen molar-refractivity contribution in [3.8, 4) is 11.3 Å². The molecular formula is C25H33ClN4O2. The third-order valence-corrected chi connectivity index (χ3v) is 5.81. The molecule has 7 heteroatoms. The topological polar surface area (TPSA) is 70.2 Å². The molecule has 1 fully saturated rings. The van der Waals surface area contributed by atoms with E-state index >= 15 is 0 Å². The summed E-state index contributed by atoms with van der Waals surface area (Å²) < 4.78 is 5.81. The molecule has 1 aliphatic heterocycles. The highest BCUT2D eigenvalue weighted by Gasteiger charge is 2.21. The van der Waals surface area contributed by atoms with E-state index in [1.807, 2.05) is 36.4 Å². The molecule has 1 aromatic heterocycles. The summed E-state index contributed by atoms with van der Waals surface area (Å²) in [7, 11) is 0. The predicted molar refractivity (Wildman–Crippen MR) is 134 cm³/mol. The van der Waals surface area contributed by atoms with Crippen molar-refractivity contribution in [3.05, 3.63) is 58.9 Å². The summed E-state index contributed by atoms with van der Waals surface area (Å²) >= 11 is 0. The van der Waals surface area contributed by atoms with Crippen LogP contribution in [0.25, 0.3) is 22.0 Å². The Morgan fingerprint density at radius 1 is 1.03 bits per heavy atom. The fraction of sp³-hybridized carbons (Fsp3) is 0.440. The SMILES string of the molecule is CC1CN(CCCCCNc2cccc(-c3n[nH]c(=O)c4ccccc34)c2)CC(C)O1.Cl. The number of hydrogen-bond acceptors (Lipinski definition) is 5. The molecule has 0 spiro atoms. The van der Waals surface area contributed by atoms with Crippen LogP contribution in [-0.4, -0.2) is 53.5 Å². The number of aromatic nitrogens is 2. The van der Waals surface area contributed by atoms with Gasteiger partial charge < -0.3 is 10.1 Å². The Balaban J connectivity index is 0.00000289. The van der Waals surface area contributed by atoms with E-state index in [4.69, 9.17) is 4.74 Å². The molecule has 172 valence electrons. The number of fused-ring (bicyclic) bond motifs is 1. The first-order valence-electron chi connectivity index (χ1n) is 11.3. The third-order valence-electron chi connectivity index (χ3n) is 5.81. The molecule has 6 nitrogen and oxygen atoms in total. The molecular weight excluding hydrogens is 424 g/mol. The smallest absolute Gasteiger partial charge is 0.272 e. The molecule has 2 unspecified atom stereocenters. The summed E-state index contributed by atoms with van der Waals surface area (Å²) in [6.45, 7) is 8.50. The Hall–Kier alpha value is -2.41. The lowest BCUT2D eigenvalue weighted by atomic mass is 10.0. The maximum atomic E-state index is 12.1. The summed E-state index contributed by atoms with van der Waals surface area (Å²) in [5.41, 5.74) is 2.71. The van der Waals surface area contributed by atoms with Gasteiger partial charge in [-0.1, -0.05) is 36.8 Å². The summed E-state index contributed by atoms with van der Waals surface area (Å²) in [6, 6.07) is 15.8. The lowest BCUT2D eigenvalue weighted by molar-refractivity contribution is -0.0681. The van der Waals surface area contributed by atoms with Gasteiger partial charge in [-0.2, -0.15) is 5.10 Å². The number of H-pyrrole nitrogens is 1. The normalized spacial score (nSPS) is 18.9. The average Bonchev–Trinajstić information content (AvgIpc) is 2.76. The fourth-order valence-electron chi connectivity index (χ4n) is 4.45. The minimum Gasteiger partial charge on any atom is -0.385 e. The van der Waals surface area contributed by atoms with Gasteiger partial charge in [0.25, 0.3) is 5.56 Å². The number of hydrogen-bond donors (Lipinski definition) is 2. The molecule has 3 aromatic rings. The molecule has 2 N–H and O–H groups in total. The van der Waals surface area contributed by atoms with Crippen molar-refractivity contribution in [3.63, 3.8) is 0 Å². The van der Waals surface area contributed by atoms with Crippen LogP contribution < -0.4 is 10.9 Å². The van der Waals surface area contributed by atoms with Crippen molar-refractivity contribution in [1.82, 2.24) is 15.1 Å². The molecule has 2 atom stereocenters. The number of nitrogens with zero attached hydrogens (tertiary/aromatic N) is 2. The molecule has 2 heterocycles. The van der Waals surface area contributed by atoms with E-state index in [0.717, 1.165) is 54.9 Å². The predicted octanol–water partition coefficient (Wildman–Crippen LogP) is 4.70. The Kier molecular flexibility index (Phi) is 8.67. The third kappa shape index (κ3) is 6.09. The molecule has 32 heavy (non-hydrogen) atoms. The van der Waals surface area contributed by atoms with Crippen LogP contribution >= 0.6 is 12.4 Å². The van der Waals surface area contributed by atoms with Crippen molar-refractivity contribution < 1.29 is 4.74 Å². The van der Waals surface area contributed by atoms with Crippen LogP contribution in [0.5, 0.6) is 0 Å². The van der Waals surface area contributed by atoms with E-state index in [0.29, 0.717) is 17.6 Å². The first-order valence-corrected chi connectivity index (χ1v) is 11.3. The van der Waals surface area contributed by atoms with Crippen LogP contribution in [0.15, 0.2) is 53.3 Å². The van der Waals surface area contributed by atoms with Gasteiger partial charge in [0.1, 0.15) is 0 Å². The number of anilines is 1. The Bertz CT molecular complexity index is 1060. The Morgan fingerprint density at radius 2 is 1.78 bits per heavy atom. The number of benzene rings is 2. The van der Waals surface area contributed by atoms with Gasteiger partial charge in [0.15, 0.2) is 0 Å². The van der Waals surface area contributed by atoms with Crippen molar-refractivity contribution >= 4 is 28.9 Å². The highest BCUT2D eigenvalue weighted by molar-refractivity contribution is 5.94. The molecule has 0 saturated carbocycles. The van der Waals surface area contributed by atoms with Gasteiger partial charge >= 0.3 is 0 Å². The number of aromatic amines is 1. The average molecular weight is 457 g/mol. The van der Waals surface area contributed by atoms with E-state index in [1.165, 1.54) is 12.8 Å². The lowest BCUT2D eigenvalue weighted by Gasteiger charge is -2.35. The van der Waals surface area contributed by atoms with E-state index in [9.17, 15) is 4.79 Å². The Labute approximate surface area is 195 Å². The minimum atomic E-state index is -0.158. The highest BCUT2D eigenvalue weighted by Crippen LogP contribution is 2.26. The van der Waals surface area contributed by atoms with Gasteiger partial charge in [-0.15, -0.1) is 12.4 Å². The molecule has 0 radical (unpaired) electrons. The number of morpholine rings is 1. The monoisotopic (exact) mass is 456 g/mol. The van der Waals surface area contributed by atoms with Crippen LogP contribution in [0.1, 0.15) is 33.1 Å². The summed E-state index contributed by atoms with van der Waals surface area (Å²) in [6.07, 6.45) is 4.24. The fourth-order valence-corrected chi connectivity index (χ4v) is 4.45. The molecule has 0 aliphatic carbocycles. The van der Waals surface area contributed by atoms with Crippen molar-refractivity contribution in [2.45, 2.75) is 45.3 Å². The van der Waals surface area contributed by atoms with E-state index in [1.54, 1.807) is 0 Å². The zero-order chi connectivity index (χ0) is 21.6. The number of unbranched alkanes of at least 4 members (excludes halogenated alkanes) is 2. The van der Waals surface area contributed by atoms with Crippen LogP contribution in [0.4, 0.5) is 5.69 Å². The lowest BCUT2D eigenvalue weighted by Crippen LogP contribution is -2.45. The van der Waals surface area contributed by atoms with Crippen LogP contribution in [-0.2, 0) is 4.74 Å². The van der Waals surface area contributed by atoms with Gasteiger partial charge in [0, 0.05) is 36.3 Å². The largest absolute Gasteiger partial charge is 0.385 e. The maximum absolute atomic E-state index is 12.1. The minimum absolute atomic E-state index is 0. The molecule has 0 amide bonds. The number of ether oxygens (including phenoxy) is 1. The summed E-state index contributed by atoms with van der Waals surface area (Å²) in [4.78, 5) is 14.6. The van der Waals surface area contributed by atoms with E-state index in [2.05, 4.69) is 46.4 Å². The Morgan fingerprint density at radius 3 is 2.56 bits per heavy atom. The number of nitrogens with one attached hydrogen (secondary N) is 2. The standard InChI is InChI=1S/C25H32N4O2.ClH/c1-18-16-29(17-19(2)31-18)14-7-3-6-13-26-21-10-8-9-20(15-21)24-22-11-4-5-12-23(22)25(30)28-27-24;/h4-5,8-12,15,18-19,26H,3,6-7,13-14,16-17H2,1-2H3,(H,28,30);1H. The molecule has 0 bridgehead atoms. The molecule has 1 saturated heterocycles. The number of halogens is 1. The van der Waals surface area contributed by atoms with Crippen LogP contribution in [0.3, 0.4) is 0 Å². The first kappa shape index (κ1) is 24.2. The first-order chi connectivity index (χ1) is 15.1. The van der Waals surface area contributed by atoms with Gasteiger partial charge in [-0.3, -0.25) is 9.69 Å². The van der Waals surface area contributed by atoms with E-state index < -0.39 is 0 Å². The molecule has 1 aliphatic rings. The second kappa shape index (κ2) is 11.5. The quantitative estimate of drug-likeness (QED) is 0.480. The zero-order valence-corrected chi connectivity index (χ0v) is 19.7. The van der Waals surface area contributed by atoms with Crippen molar-refractivity contribution in [1.29, 1.82) is 0 Å². The molecule has 2 aromatic carbocycles.